The summed E-state index contributed by atoms with van der Waals surface area (Å²) in [6, 6.07) is 3.89. The van der Waals surface area contributed by atoms with Crippen LogP contribution in [0.1, 0.15) is 11.5 Å². The molecule has 0 bridgehead atoms. The SMILES string of the molecule is [C]1=NOCC1c1cccnc1. The van der Waals surface area contributed by atoms with Crippen LogP contribution in [-0.2, 0) is 4.84 Å². The number of pyridine rings is 1. The molecule has 0 aromatic carbocycles. The fourth-order valence-electron chi connectivity index (χ4n) is 1.00. The molecule has 0 amide bonds. The predicted octanol–water partition coefficient (Wildman–Crippen LogP) is 1.06. The van der Waals surface area contributed by atoms with E-state index in [0.717, 1.165) is 5.56 Å². The first-order valence-electron chi connectivity index (χ1n) is 3.44. The van der Waals surface area contributed by atoms with Gasteiger partial charge in [-0.1, -0.05) is 11.2 Å². The highest BCUT2D eigenvalue weighted by Gasteiger charge is 2.14. The quantitative estimate of drug-likeness (QED) is 0.595. The van der Waals surface area contributed by atoms with E-state index < -0.39 is 0 Å². The monoisotopic (exact) mass is 147 g/mol. The Morgan fingerprint density at radius 1 is 1.64 bits per heavy atom. The Balaban J connectivity index is 2.23. The lowest BCUT2D eigenvalue weighted by Gasteiger charge is -2.01. The number of hydrogen-bond acceptors (Lipinski definition) is 3. The summed E-state index contributed by atoms with van der Waals surface area (Å²) in [7, 11) is 0. The Labute approximate surface area is 64.7 Å². The molecule has 0 aliphatic carbocycles. The van der Waals surface area contributed by atoms with Crippen molar-refractivity contribution in [1.29, 1.82) is 0 Å². The van der Waals surface area contributed by atoms with E-state index in [1.54, 1.807) is 6.20 Å². The number of rotatable bonds is 1. The minimum atomic E-state index is 0.170. The summed E-state index contributed by atoms with van der Waals surface area (Å²) in [5.74, 6) is 0.170. The lowest BCUT2D eigenvalue weighted by atomic mass is 10.0. The molecule has 55 valence electrons. The highest BCUT2D eigenvalue weighted by Crippen LogP contribution is 2.16. The van der Waals surface area contributed by atoms with Crippen LogP contribution >= 0.6 is 0 Å². The van der Waals surface area contributed by atoms with E-state index in [1.807, 2.05) is 18.3 Å². The largest absolute Gasteiger partial charge is 0.394 e. The maximum Gasteiger partial charge on any atom is 0.129 e. The standard InChI is InChI=1S/C8H7N2O/c1-2-7(4-9-3-1)8-5-10-11-6-8/h1-4,8H,6H2. The Morgan fingerprint density at radius 2 is 2.64 bits per heavy atom. The van der Waals surface area contributed by atoms with Crippen molar-refractivity contribution < 1.29 is 4.84 Å². The minimum Gasteiger partial charge on any atom is -0.394 e. The third-order valence-corrected chi connectivity index (χ3v) is 1.60. The lowest BCUT2D eigenvalue weighted by Crippen LogP contribution is -2.00. The predicted molar refractivity (Wildman–Crippen MR) is 40.4 cm³/mol. The number of nitrogens with zero attached hydrogens (tertiary/aromatic N) is 2. The van der Waals surface area contributed by atoms with Crippen molar-refractivity contribution in [1.82, 2.24) is 4.98 Å². The molecular weight excluding hydrogens is 140 g/mol. The van der Waals surface area contributed by atoms with Gasteiger partial charge < -0.3 is 4.84 Å². The van der Waals surface area contributed by atoms with Crippen molar-refractivity contribution in [3.8, 4) is 0 Å². The van der Waals surface area contributed by atoms with Crippen molar-refractivity contribution in [2.24, 2.45) is 5.16 Å². The summed E-state index contributed by atoms with van der Waals surface area (Å²) in [4.78, 5) is 8.79. The molecule has 1 radical (unpaired) electrons. The second kappa shape index (κ2) is 2.70. The molecule has 2 rings (SSSR count). The van der Waals surface area contributed by atoms with Crippen LogP contribution < -0.4 is 0 Å². The topological polar surface area (TPSA) is 34.5 Å². The average molecular weight is 147 g/mol. The molecule has 0 N–H and O–H groups in total. The van der Waals surface area contributed by atoms with Gasteiger partial charge in [0.15, 0.2) is 0 Å². The summed E-state index contributed by atoms with van der Waals surface area (Å²) in [6.45, 7) is 0.589. The van der Waals surface area contributed by atoms with Crippen LogP contribution in [0.4, 0.5) is 0 Å². The van der Waals surface area contributed by atoms with Crippen molar-refractivity contribution in [2.75, 3.05) is 6.61 Å². The van der Waals surface area contributed by atoms with E-state index in [9.17, 15) is 0 Å². The van der Waals surface area contributed by atoms with Crippen LogP contribution in [-0.4, -0.2) is 17.8 Å². The van der Waals surface area contributed by atoms with Gasteiger partial charge >= 0.3 is 0 Å². The van der Waals surface area contributed by atoms with Crippen LogP contribution in [0.2, 0.25) is 0 Å². The molecular formula is C8H7N2O. The molecule has 1 atom stereocenters. The van der Waals surface area contributed by atoms with E-state index >= 15 is 0 Å². The first-order valence-corrected chi connectivity index (χ1v) is 3.44. The van der Waals surface area contributed by atoms with Gasteiger partial charge in [0.05, 0.1) is 5.92 Å². The van der Waals surface area contributed by atoms with Gasteiger partial charge in [0.1, 0.15) is 12.8 Å². The van der Waals surface area contributed by atoms with Gasteiger partial charge in [-0.15, -0.1) is 0 Å². The van der Waals surface area contributed by atoms with E-state index in [2.05, 4.69) is 16.4 Å². The maximum atomic E-state index is 4.80. The average Bonchev–Trinajstić information content (AvgIpc) is 2.58. The van der Waals surface area contributed by atoms with Gasteiger partial charge in [0.25, 0.3) is 0 Å². The number of aromatic nitrogens is 1. The molecule has 3 nitrogen and oxygen atoms in total. The molecule has 0 spiro atoms. The number of hydrogen-bond donors (Lipinski definition) is 0. The van der Waals surface area contributed by atoms with Crippen LogP contribution in [0.15, 0.2) is 29.7 Å². The van der Waals surface area contributed by atoms with Gasteiger partial charge in [0, 0.05) is 12.4 Å². The second-order valence-electron chi connectivity index (χ2n) is 2.36. The second-order valence-corrected chi connectivity index (χ2v) is 2.36. The zero-order chi connectivity index (χ0) is 7.52. The third-order valence-electron chi connectivity index (χ3n) is 1.60. The van der Waals surface area contributed by atoms with E-state index in [0.29, 0.717) is 6.61 Å². The van der Waals surface area contributed by atoms with Crippen molar-refractivity contribution >= 4 is 6.21 Å². The van der Waals surface area contributed by atoms with Crippen LogP contribution in [0.3, 0.4) is 0 Å². The van der Waals surface area contributed by atoms with E-state index in [1.165, 1.54) is 0 Å². The normalized spacial score (nSPS) is 21.6. The van der Waals surface area contributed by atoms with Crippen LogP contribution in [0, 0.1) is 0 Å². The first-order chi connectivity index (χ1) is 5.47. The highest BCUT2D eigenvalue weighted by molar-refractivity contribution is 5.68. The van der Waals surface area contributed by atoms with Crippen molar-refractivity contribution in [3.05, 3.63) is 30.1 Å². The molecule has 3 heteroatoms. The van der Waals surface area contributed by atoms with Crippen LogP contribution in [0.25, 0.3) is 0 Å². The molecule has 0 saturated carbocycles. The van der Waals surface area contributed by atoms with Gasteiger partial charge in [0.2, 0.25) is 0 Å². The fraction of sp³-hybridized carbons (Fsp3) is 0.250. The summed E-state index contributed by atoms with van der Waals surface area (Å²) in [5, 5.41) is 3.56. The van der Waals surface area contributed by atoms with Crippen molar-refractivity contribution in [2.45, 2.75) is 5.92 Å². The van der Waals surface area contributed by atoms with Crippen LogP contribution in [0.5, 0.6) is 0 Å². The Hall–Kier alpha value is -1.38. The van der Waals surface area contributed by atoms with Gasteiger partial charge in [-0.25, -0.2) is 0 Å². The summed E-state index contributed by atoms with van der Waals surface area (Å²) < 4.78 is 0. The molecule has 0 fully saturated rings. The Morgan fingerprint density at radius 3 is 3.27 bits per heavy atom. The molecule has 1 unspecified atom stereocenters. The zero-order valence-corrected chi connectivity index (χ0v) is 5.90. The molecule has 2 heterocycles. The minimum absolute atomic E-state index is 0.170. The summed E-state index contributed by atoms with van der Waals surface area (Å²) in [5.41, 5.74) is 1.11. The van der Waals surface area contributed by atoms with Gasteiger partial charge in [-0.3, -0.25) is 4.98 Å². The highest BCUT2D eigenvalue weighted by atomic mass is 16.6. The van der Waals surface area contributed by atoms with Crippen molar-refractivity contribution in [3.63, 3.8) is 0 Å². The Bertz CT molecular complexity index is 258. The van der Waals surface area contributed by atoms with Gasteiger partial charge in [-0.2, -0.15) is 0 Å². The maximum absolute atomic E-state index is 4.80. The lowest BCUT2D eigenvalue weighted by molar-refractivity contribution is 0.166. The Kier molecular flexibility index (Phi) is 1.55. The fourth-order valence-corrected chi connectivity index (χ4v) is 1.00. The summed E-state index contributed by atoms with van der Waals surface area (Å²) >= 11 is 0. The molecule has 11 heavy (non-hydrogen) atoms. The smallest absolute Gasteiger partial charge is 0.129 e. The molecule has 1 aromatic rings. The first kappa shape index (κ1) is 6.34. The summed E-state index contributed by atoms with van der Waals surface area (Å²) in [6.07, 6.45) is 6.39. The van der Waals surface area contributed by atoms with Gasteiger partial charge in [-0.05, 0) is 11.6 Å². The molecule has 1 aliphatic rings. The molecule has 1 aliphatic heterocycles. The van der Waals surface area contributed by atoms with E-state index in [4.69, 9.17) is 4.84 Å². The zero-order valence-electron chi connectivity index (χ0n) is 5.90. The third kappa shape index (κ3) is 1.22. The molecule has 1 aromatic heterocycles. The van der Waals surface area contributed by atoms with E-state index in [-0.39, 0.29) is 5.92 Å². The molecule has 0 saturated heterocycles.